The molecule has 0 aromatic rings. The zero-order valence-corrected chi connectivity index (χ0v) is 11.2. The van der Waals surface area contributed by atoms with E-state index in [1.54, 1.807) is 0 Å². The van der Waals surface area contributed by atoms with Crippen molar-refractivity contribution in [3.63, 3.8) is 0 Å². The van der Waals surface area contributed by atoms with Crippen LogP contribution >= 0.6 is 0 Å². The van der Waals surface area contributed by atoms with Crippen LogP contribution in [0.2, 0.25) is 0 Å². The Morgan fingerprint density at radius 2 is 2.19 bits per heavy atom. The highest BCUT2D eigenvalue weighted by Gasteiger charge is 2.23. The SMILES string of the molecule is CN1CCCC(CN(C)CC(C)(C)C#N)C1. The van der Waals surface area contributed by atoms with E-state index in [9.17, 15) is 0 Å². The molecule has 1 aliphatic rings. The minimum atomic E-state index is -0.227. The van der Waals surface area contributed by atoms with E-state index in [2.05, 4.69) is 30.0 Å². The van der Waals surface area contributed by atoms with E-state index >= 15 is 0 Å². The Hall–Kier alpha value is -0.590. The van der Waals surface area contributed by atoms with Crippen molar-refractivity contribution in [2.45, 2.75) is 26.7 Å². The van der Waals surface area contributed by atoms with E-state index < -0.39 is 0 Å². The van der Waals surface area contributed by atoms with Crippen LogP contribution in [0.25, 0.3) is 0 Å². The maximum Gasteiger partial charge on any atom is 0.0697 e. The molecule has 1 unspecified atom stereocenters. The minimum absolute atomic E-state index is 0.227. The Morgan fingerprint density at radius 3 is 2.75 bits per heavy atom. The van der Waals surface area contributed by atoms with E-state index in [0.29, 0.717) is 0 Å². The summed E-state index contributed by atoms with van der Waals surface area (Å²) in [6.45, 7) is 8.45. The molecule has 1 heterocycles. The second kappa shape index (κ2) is 5.65. The number of hydrogen-bond donors (Lipinski definition) is 0. The van der Waals surface area contributed by atoms with Gasteiger partial charge in [-0.2, -0.15) is 5.26 Å². The number of piperidine rings is 1. The molecule has 0 spiro atoms. The molecule has 0 aliphatic carbocycles. The molecule has 1 atom stereocenters. The van der Waals surface area contributed by atoms with E-state index in [4.69, 9.17) is 5.26 Å². The lowest BCUT2D eigenvalue weighted by Crippen LogP contribution is -2.40. The lowest BCUT2D eigenvalue weighted by molar-refractivity contribution is 0.151. The average Bonchev–Trinajstić information content (AvgIpc) is 2.16. The lowest BCUT2D eigenvalue weighted by atomic mass is 9.93. The summed E-state index contributed by atoms with van der Waals surface area (Å²) in [7, 11) is 4.33. The highest BCUT2D eigenvalue weighted by atomic mass is 15.1. The average molecular weight is 223 g/mol. The molecule has 92 valence electrons. The zero-order chi connectivity index (χ0) is 12.2. The molecule has 3 heteroatoms. The summed E-state index contributed by atoms with van der Waals surface area (Å²) in [5.74, 6) is 0.776. The quantitative estimate of drug-likeness (QED) is 0.728. The highest BCUT2D eigenvalue weighted by Crippen LogP contribution is 2.19. The molecule has 1 rings (SSSR count). The van der Waals surface area contributed by atoms with Crippen LogP contribution in [-0.4, -0.2) is 50.1 Å². The van der Waals surface area contributed by atoms with Crippen LogP contribution in [-0.2, 0) is 0 Å². The van der Waals surface area contributed by atoms with Crippen LogP contribution in [0.4, 0.5) is 0 Å². The van der Waals surface area contributed by atoms with Gasteiger partial charge in [-0.25, -0.2) is 0 Å². The predicted molar refractivity (Wildman–Crippen MR) is 67.1 cm³/mol. The van der Waals surface area contributed by atoms with E-state index in [1.807, 2.05) is 13.8 Å². The van der Waals surface area contributed by atoms with Gasteiger partial charge in [-0.1, -0.05) is 0 Å². The van der Waals surface area contributed by atoms with Gasteiger partial charge >= 0.3 is 0 Å². The van der Waals surface area contributed by atoms with Gasteiger partial charge < -0.3 is 9.80 Å². The molecule has 16 heavy (non-hydrogen) atoms. The fourth-order valence-corrected chi connectivity index (χ4v) is 2.64. The van der Waals surface area contributed by atoms with Crippen molar-refractivity contribution in [2.24, 2.45) is 11.3 Å². The van der Waals surface area contributed by atoms with Gasteiger partial charge in [-0.05, 0) is 53.2 Å². The minimum Gasteiger partial charge on any atom is -0.306 e. The maximum atomic E-state index is 9.01. The zero-order valence-electron chi connectivity index (χ0n) is 11.2. The molecule has 0 saturated carbocycles. The van der Waals surface area contributed by atoms with Crippen LogP contribution < -0.4 is 0 Å². The van der Waals surface area contributed by atoms with Gasteiger partial charge in [0.15, 0.2) is 0 Å². The third-order valence-corrected chi connectivity index (χ3v) is 3.26. The second-order valence-corrected chi connectivity index (χ2v) is 5.96. The Labute approximate surface area is 100 Å². The predicted octanol–water partition coefficient (Wildman–Crippen LogP) is 1.81. The molecular weight excluding hydrogens is 198 g/mol. The van der Waals surface area contributed by atoms with Crippen LogP contribution in [0.1, 0.15) is 26.7 Å². The van der Waals surface area contributed by atoms with Gasteiger partial charge in [0.1, 0.15) is 0 Å². The third kappa shape index (κ3) is 4.51. The summed E-state index contributed by atoms with van der Waals surface area (Å²) in [6.07, 6.45) is 2.65. The monoisotopic (exact) mass is 223 g/mol. The van der Waals surface area contributed by atoms with Crippen molar-refractivity contribution in [3.05, 3.63) is 0 Å². The van der Waals surface area contributed by atoms with Crippen LogP contribution in [0, 0.1) is 22.7 Å². The first-order valence-corrected chi connectivity index (χ1v) is 6.21. The first kappa shape index (κ1) is 13.5. The first-order chi connectivity index (χ1) is 7.43. The van der Waals surface area contributed by atoms with Gasteiger partial charge in [-0.3, -0.25) is 0 Å². The molecule has 1 saturated heterocycles. The maximum absolute atomic E-state index is 9.01. The number of rotatable bonds is 4. The topological polar surface area (TPSA) is 30.3 Å². The Morgan fingerprint density at radius 1 is 1.50 bits per heavy atom. The van der Waals surface area contributed by atoms with Crippen molar-refractivity contribution in [2.75, 3.05) is 40.3 Å². The summed E-state index contributed by atoms with van der Waals surface area (Å²) < 4.78 is 0. The van der Waals surface area contributed by atoms with Gasteiger partial charge in [0, 0.05) is 19.6 Å². The fourth-order valence-electron chi connectivity index (χ4n) is 2.64. The molecule has 3 nitrogen and oxygen atoms in total. The number of nitrogens with zero attached hydrogens (tertiary/aromatic N) is 3. The number of likely N-dealkylation sites (tertiary alicyclic amines) is 1. The van der Waals surface area contributed by atoms with Crippen LogP contribution in [0.3, 0.4) is 0 Å². The summed E-state index contributed by atoms with van der Waals surface area (Å²) in [4.78, 5) is 4.73. The fraction of sp³-hybridized carbons (Fsp3) is 0.923. The summed E-state index contributed by atoms with van der Waals surface area (Å²) >= 11 is 0. The Bertz CT molecular complexity index is 254. The Balaban J connectivity index is 2.34. The molecule has 0 radical (unpaired) electrons. The highest BCUT2D eigenvalue weighted by molar-refractivity contribution is 4.93. The molecular formula is C13H25N3. The Kier molecular flexibility index (Phi) is 4.76. The van der Waals surface area contributed by atoms with Crippen molar-refractivity contribution < 1.29 is 0 Å². The standard InChI is InChI=1S/C13H25N3/c1-13(2,10-14)11-16(4)9-12-6-5-7-15(3)8-12/h12H,5-9,11H2,1-4H3. The van der Waals surface area contributed by atoms with Gasteiger partial charge in [-0.15, -0.1) is 0 Å². The van der Waals surface area contributed by atoms with Crippen LogP contribution in [0.15, 0.2) is 0 Å². The van der Waals surface area contributed by atoms with E-state index in [1.165, 1.54) is 25.9 Å². The van der Waals surface area contributed by atoms with Gasteiger partial charge in [0.05, 0.1) is 11.5 Å². The van der Waals surface area contributed by atoms with Gasteiger partial charge in [0.25, 0.3) is 0 Å². The third-order valence-electron chi connectivity index (χ3n) is 3.26. The molecule has 1 fully saturated rings. The van der Waals surface area contributed by atoms with Crippen molar-refractivity contribution in [1.82, 2.24) is 9.80 Å². The molecule has 0 N–H and O–H groups in total. The molecule has 1 aliphatic heterocycles. The number of nitriles is 1. The van der Waals surface area contributed by atoms with Crippen molar-refractivity contribution >= 4 is 0 Å². The van der Waals surface area contributed by atoms with Crippen molar-refractivity contribution in [3.8, 4) is 6.07 Å². The molecule has 0 amide bonds. The van der Waals surface area contributed by atoms with Crippen molar-refractivity contribution in [1.29, 1.82) is 5.26 Å². The second-order valence-electron chi connectivity index (χ2n) is 5.96. The van der Waals surface area contributed by atoms with E-state index in [-0.39, 0.29) is 5.41 Å². The van der Waals surface area contributed by atoms with E-state index in [0.717, 1.165) is 19.0 Å². The summed E-state index contributed by atoms with van der Waals surface area (Å²) in [5.41, 5.74) is -0.227. The first-order valence-electron chi connectivity index (χ1n) is 6.21. The molecule has 0 bridgehead atoms. The summed E-state index contributed by atoms with van der Waals surface area (Å²) in [5, 5.41) is 9.01. The molecule has 0 aromatic carbocycles. The molecule has 0 aromatic heterocycles. The van der Waals surface area contributed by atoms with Gasteiger partial charge in [0.2, 0.25) is 0 Å². The normalized spacial score (nSPS) is 23.4. The summed E-state index contributed by atoms with van der Waals surface area (Å²) in [6, 6.07) is 2.37. The lowest BCUT2D eigenvalue weighted by Gasteiger charge is -2.33. The van der Waals surface area contributed by atoms with Crippen LogP contribution in [0.5, 0.6) is 0 Å². The number of hydrogen-bond acceptors (Lipinski definition) is 3. The smallest absolute Gasteiger partial charge is 0.0697 e. The largest absolute Gasteiger partial charge is 0.306 e.